The summed E-state index contributed by atoms with van der Waals surface area (Å²) in [6, 6.07) is 2.23. The molecule has 0 spiro atoms. The fourth-order valence-corrected chi connectivity index (χ4v) is 6.40. The summed E-state index contributed by atoms with van der Waals surface area (Å²) in [5.74, 6) is -2.13. The Morgan fingerprint density at radius 3 is 2.36 bits per heavy atom. The van der Waals surface area contributed by atoms with Crippen LogP contribution in [0.2, 0.25) is 0 Å². The van der Waals surface area contributed by atoms with Gasteiger partial charge < -0.3 is 19.1 Å². The Balaban J connectivity index is 2.13. The molecule has 2 heterocycles. The zero-order valence-corrected chi connectivity index (χ0v) is 21.1. The number of nitrogens with zero attached hydrogens (tertiary/aromatic N) is 2. The van der Waals surface area contributed by atoms with Crippen molar-refractivity contribution in [2.75, 3.05) is 13.2 Å². The standard InChI is InChI=1S/C18H15BrF8N3O4PS/c1-2-34-35(31,32)18(26,27)13-11(19)9-6-8(14-28-15(30-29-14)17(23,24)25)7-10(12(9)36-13)33-5-3-4-16(20,21)22/h6-7H,2-5H2,1H3,(H,31,32)(H,28,29,30). The van der Waals surface area contributed by atoms with Gasteiger partial charge in [-0.1, -0.05) is 0 Å². The predicted molar refractivity (Wildman–Crippen MR) is 116 cm³/mol. The van der Waals surface area contributed by atoms with Crippen LogP contribution < -0.4 is 4.74 Å². The number of aromatic nitrogens is 3. The molecule has 0 bridgehead atoms. The largest absolute Gasteiger partial charge is 0.492 e. The topological polar surface area (TPSA) is 97.3 Å². The van der Waals surface area contributed by atoms with E-state index in [0.717, 1.165) is 12.1 Å². The first kappa shape index (κ1) is 28.8. The van der Waals surface area contributed by atoms with Crippen LogP contribution in [0, 0.1) is 0 Å². The van der Waals surface area contributed by atoms with Crippen molar-refractivity contribution in [3.05, 3.63) is 27.3 Å². The number of hydrogen-bond donors (Lipinski definition) is 2. The molecule has 0 fully saturated rings. The third-order valence-electron chi connectivity index (χ3n) is 4.52. The van der Waals surface area contributed by atoms with Crippen LogP contribution in [-0.2, 0) is 20.9 Å². The van der Waals surface area contributed by atoms with E-state index in [4.69, 9.17) is 4.74 Å². The molecule has 2 aromatic heterocycles. The smallest absolute Gasteiger partial charge is 0.451 e. The van der Waals surface area contributed by atoms with Gasteiger partial charge >= 0.3 is 25.6 Å². The number of benzene rings is 1. The second-order valence-electron chi connectivity index (χ2n) is 7.16. The van der Waals surface area contributed by atoms with Crippen molar-refractivity contribution in [2.24, 2.45) is 0 Å². The van der Waals surface area contributed by atoms with Gasteiger partial charge in [-0.2, -0.15) is 35.1 Å². The molecular formula is C18H15BrF8N3O4PS. The molecule has 0 radical (unpaired) electrons. The van der Waals surface area contributed by atoms with Crippen molar-refractivity contribution in [1.29, 1.82) is 0 Å². The van der Waals surface area contributed by atoms with Crippen LogP contribution in [0.3, 0.4) is 0 Å². The van der Waals surface area contributed by atoms with Gasteiger partial charge in [0.1, 0.15) is 10.6 Å². The minimum absolute atomic E-state index is 0.0700. The SMILES string of the molecule is CCOP(=O)(O)C(F)(F)c1sc2c(OCCCC(F)(F)F)cc(-c3nnc(C(F)(F)F)[nH]3)cc2c1Br. The monoisotopic (exact) mass is 631 g/mol. The average Bonchev–Trinajstić information content (AvgIpc) is 3.36. The number of thiophene rings is 1. The maximum Gasteiger partial charge on any atom is 0.451 e. The summed E-state index contributed by atoms with van der Waals surface area (Å²) in [6.07, 6.45) is -11.0. The lowest BCUT2D eigenvalue weighted by Crippen LogP contribution is -2.14. The van der Waals surface area contributed by atoms with Crippen molar-refractivity contribution >= 4 is 44.9 Å². The second kappa shape index (κ2) is 10.2. The van der Waals surface area contributed by atoms with Crippen LogP contribution >= 0.6 is 34.9 Å². The van der Waals surface area contributed by atoms with Gasteiger partial charge in [-0.05, 0) is 41.4 Å². The molecule has 0 aliphatic heterocycles. The Morgan fingerprint density at radius 1 is 1.14 bits per heavy atom. The van der Waals surface area contributed by atoms with E-state index in [2.05, 4.69) is 30.7 Å². The van der Waals surface area contributed by atoms with E-state index in [-0.39, 0.29) is 25.9 Å². The van der Waals surface area contributed by atoms with Crippen molar-refractivity contribution in [2.45, 2.75) is 37.8 Å². The molecule has 1 atom stereocenters. The van der Waals surface area contributed by atoms with Gasteiger partial charge in [0.2, 0.25) is 5.82 Å². The van der Waals surface area contributed by atoms with E-state index < -0.39 is 68.2 Å². The highest BCUT2D eigenvalue weighted by molar-refractivity contribution is 9.10. The van der Waals surface area contributed by atoms with Gasteiger partial charge in [-0.3, -0.25) is 4.57 Å². The Bertz CT molecular complexity index is 1290. The zero-order chi connectivity index (χ0) is 27.1. The lowest BCUT2D eigenvalue weighted by molar-refractivity contribution is -0.144. The summed E-state index contributed by atoms with van der Waals surface area (Å²) in [5, 5.41) is 6.28. The maximum absolute atomic E-state index is 15.0. The number of alkyl halides is 8. The second-order valence-corrected chi connectivity index (χ2v) is 10.8. The van der Waals surface area contributed by atoms with E-state index in [1.165, 1.54) is 6.92 Å². The number of nitrogens with one attached hydrogen (secondary N) is 1. The van der Waals surface area contributed by atoms with Crippen molar-refractivity contribution in [3.8, 4) is 17.1 Å². The number of hydrogen-bond acceptors (Lipinski definition) is 6. The Morgan fingerprint density at radius 2 is 1.81 bits per heavy atom. The predicted octanol–water partition coefficient (Wildman–Crippen LogP) is 7.46. The molecule has 0 aliphatic rings. The molecule has 1 unspecified atom stereocenters. The van der Waals surface area contributed by atoms with Crippen LogP contribution in [0.4, 0.5) is 35.1 Å². The first-order valence-corrected chi connectivity index (χ1v) is 13.0. The van der Waals surface area contributed by atoms with Crippen LogP contribution in [0.5, 0.6) is 5.75 Å². The van der Waals surface area contributed by atoms with Crippen molar-refractivity contribution < 1.29 is 53.8 Å². The molecule has 2 N–H and O–H groups in total. The normalized spacial score (nSPS) is 14.9. The number of aromatic amines is 1. The van der Waals surface area contributed by atoms with E-state index in [0.29, 0.717) is 11.3 Å². The molecule has 200 valence electrons. The van der Waals surface area contributed by atoms with Crippen LogP contribution in [0.25, 0.3) is 21.5 Å². The number of H-pyrrole nitrogens is 1. The third kappa shape index (κ3) is 6.01. The number of fused-ring (bicyclic) bond motifs is 1. The number of halogens is 9. The van der Waals surface area contributed by atoms with Gasteiger partial charge in [0, 0.05) is 21.8 Å². The van der Waals surface area contributed by atoms with E-state index in [1.807, 2.05) is 4.98 Å². The number of ether oxygens (including phenoxy) is 1. The first-order chi connectivity index (χ1) is 16.5. The van der Waals surface area contributed by atoms with Crippen LogP contribution in [-0.4, -0.2) is 39.5 Å². The van der Waals surface area contributed by atoms with Crippen LogP contribution in [0.15, 0.2) is 16.6 Å². The van der Waals surface area contributed by atoms with Gasteiger partial charge in [0.25, 0.3) is 0 Å². The summed E-state index contributed by atoms with van der Waals surface area (Å²) in [6.45, 7) is 0.211. The first-order valence-electron chi connectivity index (χ1n) is 9.79. The molecule has 0 amide bonds. The molecule has 0 aliphatic carbocycles. The molecule has 0 saturated heterocycles. The van der Waals surface area contributed by atoms with Gasteiger partial charge in [-0.15, -0.1) is 21.5 Å². The van der Waals surface area contributed by atoms with E-state index >= 15 is 0 Å². The van der Waals surface area contributed by atoms with E-state index in [9.17, 15) is 44.6 Å². The molecule has 1 aromatic carbocycles. The highest BCUT2D eigenvalue weighted by Crippen LogP contribution is 2.66. The molecule has 3 rings (SSSR count). The molecular weight excluding hydrogens is 617 g/mol. The Hall–Kier alpha value is -1.81. The van der Waals surface area contributed by atoms with E-state index in [1.54, 1.807) is 0 Å². The maximum atomic E-state index is 15.0. The molecule has 7 nitrogen and oxygen atoms in total. The van der Waals surface area contributed by atoms with Gasteiger partial charge in [0.15, 0.2) is 5.82 Å². The third-order valence-corrected chi connectivity index (χ3v) is 8.59. The summed E-state index contributed by atoms with van der Waals surface area (Å²) in [5.41, 5.74) is -4.53. The Kier molecular flexibility index (Phi) is 8.11. The minimum Gasteiger partial charge on any atom is -0.492 e. The molecule has 3 aromatic rings. The summed E-state index contributed by atoms with van der Waals surface area (Å²) in [4.78, 5) is 10.8. The molecule has 0 saturated carbocycles. The summed E-state index contributed by atoms with van der Waals surface area (Å²) >= 11 is 3.23. The van der Waals surface area contributed by atoms with Crippen molar-refractivity contribution in [1.82, 2.24) is 15.2 Å². The molecule has 36 heavy (non-hydrogen) atoms. The Labute approximate surface area is 209 Å². The summed E-state index contributed by atoms with van der Waals surface area (Å²) < 4.78 is 127. The highest BCUT2D eigenvalue weighted by atomic mass is 79.9. The molecule has 18 heteroatoms. The lowest BCUT2D eigenvalue weighted by atomic mass is 10.1. The van der Waals surface area contributed by atoms with Gasteiger partial charge in [-0.25, -0.2) is 0 Å². The van der Waals surface area contributed by atoms with Gasteiger partial charge in [0.05, 0.1) is 17.9 Å². The lowest BCUT2D eigenvalue weighted by Gasteiger charge is -2.20. The average molecular weight is 632 g/mol. The van der Waals surface area contributed by atoms with Crippen molar-refractivity contribution in [3.63, 3.8) is 0 Å². The summed E-state index contributed by atoms with van der Waals surface area (Å²) in [7, 11) is -5.52. The number of rotatable bonds is 9. The zero-order valence-electron chi connectivity index (χ0n) is 17.8. The fourth-order valence-electron chi connectivity index (χ4n) is 2.94. The fraction of sp³-hybridized carbons (Fsp3) is 0.444. The quantitative estimate of drug-likeness (QED) is 0.145. The van der Waals surface area contributed by atoms with Crippen LogP contribution in [0.1, 0.15) is 30.5 Å². The highest BCUT2D eigenvalue weighted by Gasteiger charge is 2.55. The minimum atomic E-state index is -5.52.